The summed E-state index contributed by atoms with van der Waals surface area (Å²) in [6.07, 6.45) is 6.94. The summed E-state index contributed by atoms with van der Waals surface area (Å²) in [7, 11) is 0. The van der Waals surface area contributed by atoms with Crippen LogP contribution in [0.25, 0.3) is 10.9 Å². The highest BCUT2D eigenvalue weighted by Gasteiger charge is 2.30. The Morgan fingerprint density at radius 1 is 1.09 bits per heavy atom. The van der Waals surface area contributed by atoms with Crippen LogP contribution < -0.4 is 10.3 Å². The Hall–Kier alpha value is -2.90. The number of anilines is 1. The number of halogens is 1. The van der Waals surface area contributed by atoms with Crippen LogP contribution in [0.15, 0.2) is 23.1 Å². The van der Waals surface area contributed by atoms with Crippen LogP contribution in [0, 0.1) is 11.7 Å². The average molecular weight is 458 g/mol. The number of piperazine rings is 1. The van der Waals surface area contributed by atoms with E-state index in [1.54, 1.807) is 6.07 Å². The first-order valence-corrected chi connectivity index (χ1v) is 12.0. The van der Waals surface area contributed by atoms with Gasteiger partial charge in [0.1, 0.15) is 11.4 Å². The smallest absolute Gasteiger partial charge is 0.341 e. The number of nitrogens with zero attached hydrogens (tertiary/aromatic N) is 3. The molecule has 1 aliphatic heterocycles. The van der Waals surface area contributed by atoms with Crippen molar-refractivity contribution in [3.8, 4) is 0 Å². The van der Waals surface area contributed by atoms with Crippen LogP contribution in [-0.2, 0) is 4.79 Å². The molecule has 1 aliphatic carbocycles. The summed E-state index contributed by atoms with van der Waals surface area (Å²) < 4.78 is 16.9. The van der Waals surface area contributed by atoms with Gasteiger partial charge in [-0.15, -0.1) is 0 Å². The Morgan fingerprint density at radius 2 is 1.73 bits per heavy atom. The van der Waals surface area contributed by atoms with Gasteiger partial charge in [-0.05, 0) is 37.8 Å². The van der Waals surface area contributed by atoms with Gasteiger partial charge in [-0.25, -0.2) is 9.18 Å². The van der Waals surface area contributed by atoms with Crippen LogP contribution in [0.4, 0.5) is 10.1 Å². The second kappa shape index (κ2) is 9.53. The molecule has 1 aromatic carbocycles. The molecule has 1 saturated heterocycles. The molecule has 0 spiro atoms. The number of aromatic nitrogens is 1. The largest absolute Gasteiger partial charge is 0.477 e. The van der Waals surface area contributed by atoms with E-state index in [1.165, 1.54) is 12.3 Å². The third-order valence-corrected chi connectivity index (χ3v) is 6.83. The van der Waals surface area contributed by atoms with Gasteiger partial charge in [-0.2, -0.15) is 0 Å². The first-order chi connectivity index (χ1) is 15.8. The predicted molar refractivity (Wildman–Crippen MR) is 125 cm³/mol. The fraction of sp³-hybridized carbons (Fsp3) is 0.560. The van der Waals surface area contributed by atoms with Crippen LogP contribution in [0.1, 0.15) is 68.8 Å². The van der Waals surface area contributed by atoms with Crippen LogP contribution >= 0.6 is 0 Å². The third kappa shape index (κ3) is 4.61. The van der Waals surface area contributed by atoms with Crippen molar-refractivity contribution in [3.63, 3.8) is 0 Å². The van der Waals surface area contributed by atoms with E-state index in [1.807, 2.05) is 14.4 Å². The van der Waals surface area contributed by atoms with Gasteiger partial charge in [0.15, 0.2) is 0 Å². The number of hydrogen-bond donors (Lipinski definition) is 1. The maximum absolute atomic E-state index is 15.1. The van der Waals surface area contributed by atoms with Gasteiger partial charge in [0.25, 0.3) is 0 Å². The van der Waals surface area contributed by atoms with Crippen molar-refractivity contribution in [3.05, 3.63) is 39.9 Å². The average Bonchev–Trinajstić information content (AvgIpc) is 3.64. The molecule has 1 N–H and O–H groups in total. The number of hydrogen-bond acceptors (Lipinski definition) is 4. The van der Waals surface area contributed by atoms with Crippen molar-refractivity contribution in [2.75, 3.05) is 31.1 Å². The molecule has 0 bridgehead atoms. The Labute approximate surface area is 192 Å². The monoisotopic (exact) mass is 457 g/mol. The van der Waals surface area contributed by atoms with Gasteiger partial charge in [0.05, 0.1) is 11.2 Å². The standard InChI is InChI=1S/C25H32FN3O4/c1-3-5-16(6-4-2)24(31)28-11-9-27(10-12-28)22-14-21-18(13-20(22)26)23(30)19(25(32)33)15-29(21)17-7-8-17/h13-17H,3-12H2,1-2H3,(H,32,33). The summed E-state index contributed by atoms with van der Waals surface area (Å²) in [4.78, 5) is 41.0. The normalized spacial score (nSPS) is 16.6. The van der Waals surface area contributed by atoms with E-state index in [9.17, 15) is 19.5 Å². The van der Waals surface area contributed by atoms with E-state index in [0.29, 0.717) is 37.4 Å². The van der Waals surface area contributed by atoms with Gasteiger partial charge < -0.3 is 19.5 Å². The molecule has 1 aromatic heterocycles. The van der Waals surface area contributed by atoms with Gasteiger partial charge in [-0.3, -0.25) is 9.59 Å². The number of carboxylic acid groups (broad SMARTS) is 1. The van der Waals surface area contributed by atoms with Gasteiger partial charge in [0, 0.05) is 49.7 Å². The minimum Gasteiger partial charge on any atom is -0.477 e. The molecule has 4 rings (SSSR count). The first kappa shape index (κ1) is 23.3. The lowest BCUT2D eigenvalue weighted by Gasteiger charge is -2.38. The number of amides is 1. The maximum atomic E-state index is 15.1. The second-order valence-electron chi connectivity index (χ2n) is 9.22. The van der Waals surface area contributed by atoms with E-state index in [2.05, 4.69) is 13.8 Å². The lowest BCUT2D eigenvalue weighted by molar-refractivity contribution is -0.136. The lowest BCUT2D eigenvalue weighted by Crippen LogP contribution is -2.50. The number of fused-ring (bicyclic) bond motifs is 1. The van der Waals surface area contributed by atoms with Crippen LogP contribution in [0.5, 0.6) is 0 Å². The third-order valence-electron chi connectivity index (χ3n) is 6.83. The number of carbonyl (C=O) groups excluding carboxylic acids is 1. The number of carbonyl (C=O) groups is 2. The second-order valence-corrected chi connectivity index (χ2v) is 9.22. The minimum absolute atomic E-state index is 0.0559. The fourth-order valence-electron chi connectivity index (χ4n) is 4.92. The molecule has 2 fully saturated rings. The molecular formula is C25H32FN3O4. The molecule has 1 saturated carbocycles. The van der Waals surface area contributed by atoms with Crippen molar-refractivity contribution < 1.29 is 19.1 Å². The highest BCUT2D eigenvalue weighted by atomic mass is 19.1. The van der Waals surface area contributed by atoms with Gasteiger partial charge >= 0.3 is 5.97 Å². The zero-order valence-corrected chi connectivity index (χ0v) is 19.3. The van der Waals surface area contributed by atoms with Gasteiger partial charge in [0.2, 0.25) is 11.3 Å². The van der Waals surface area contributed by atoms with Crippen molar-refractivity contribution in [1.82, 2.24) is 9.47 Å². The molecule has 2 aromatic rings. The van der Waals surface area contributed by atoms with E-state index < -0.39 is 17.2 Å². The van der Waals surface area contributed by atoms with E-state index in [0.717, 1.165) is 38.5 Å². The lowest BCUT2D eigenvalue weighted by atomic mass is 9.96. The van der Waals surface area contributed by atoms with Crippen molar-refractivity contribution in [2.24, 2.45) is 5.92 Å². The summed E-state index contributed by atoms with van der Waals surface area (Å²) in [5.74, 6) is -1.59. The quantitative estimate of drug-likeness (QED) is 0.647. The van der Waals surface area contributed by atoms with Crippen molar-refractivity contribution >= 4 is 28.5 Å². The van der Waals surface area contributed by atoms with E-state index in [4.69, 9.17) is 0 Å². The number of rotatable bonds is 8. The molecule has 0 atom stereocenters. The summed E-state index contributed by atoms with van der Waals surface area (Å²) in [5, 5.41) is 9.50. The Bertz CT molecular complexity index is 1110. The molecular weight excluding hydrogens is 425 g/mol. The zero-order chi connectivity index (χ0) is 23.7. The number of carboxylic acids is 1. The maximum Gasteiger partial charge on any atom is 0.341 e. The SMILES string of the molecule is CCCC(CCC)C(=O)N1CCN(c2cc3c(cc2F)c(=O)c(C(=O)O)cn3C2CC2)CC1. The highest BCUT2D eigenvalue weighted by Crippen LogP contribution is 2.38. The van der Waals surface area contributed by atoms with Crippen molar-refractivity contribution in [1.29, 1.82) is 0 Å². The molecule has 1 amide bonds. The molecule has 2 heterocycles. The number of pyridine rings is 1. The summed E-state index contributed by atoms with van der Waals surface area (Å²) in [5.41, 5.74) is -0.0333. The molecule has 33 heavy (non-hydrogen) atoms. The zero-order valence-electron chi connectivity index (χ0n) is 19.3. The molecule has 2 aliphatic rings. The topological polar surface area (TPSA) is 82.8 Å². The molecule has 7 nitrogen and oxygen atoms in total. The van der Waals surface area contributed by atoms with Crippen LogP contribution in [0.2, 0.25) is 0 Å². The highest BCUT2D eigenvalue weighted by molar-refractivity contribution is 5.93. The van der Waals surface area contributed by atoms with E-state index >= 15 is 4.39 Å². The Balaban J connectivity index is 1.60. The number of aromatic carboxylic acids is 1. The molecule has 0 unspecified atom stereocenters. The number of benzene rings is 1. The van der Waals surface area contributed by atoms with Crippen LogP contribution in [0.3, 0.4) is 0 Å². The Kier molecular flexibility index (Phi) is 6.72. The first-order valence-electron chi connectivity index (χ1n) is 12.0. The van der Waals surface area contributed by atoms with E-state index in [-0.39, 0.29) is 28.8 Å². The summed E-state index contributed by atoms with van der Waals surface area (Å²) in [6.45, 7) is 6.29. The minimum atomic E-state index is -1.30. The summed E-state index contributed by atoms with van der Waals surface area (Å²) >= 11 is 0. The molecule has 178 valence electrons. The van der Waals surface area contributed by atoms with Crippen molar-refractivity contribution in [2.45, 2.75) is 58.4 Å². The Morgan fingerprint density at radius 3 is 2.27 bits per heavy atom. The molecule has 8 heteroatoms. The van der Waals surface area contributed by atoms with Gasteiger partial charge in [-0.1, -0.05) is 26.7 Å². The van der Waals surface area contributed by atoms with Crippen LogP contribution in [-0.4, -0.2) is 52.6 Å². The fourth-order valence-corrected chi connectivity index (χ4v) is 4.92. The molecule has 0 radical (unpaired) electrons. The summed E-state index contributed by atoms with van der Waals surface area (Å²) in [6, 6.07) is 2.98. The predicted octanol–water partition coefficient (Wildman–Crippen LogP) is 4.04.